The summed E-state index contributed by atoms with van der Waals surface area (Å²) in [7, 11) is 0. The number of hydrogen-bond acceptors (Lipinski definition) is 7. The normalized spacial score (nSPS) is 14.5. The molecule has 1 aliphatic heterocycles. The molecule has 29 heavy (non-hydrogen) atoms. The number of rotatable bonds is 6. The van der Waals surface area contributed by atoms with Crippen molar-refractivity contribution in [2.45, 2.75) is 0 Å². The van der Waals surface area contributed by atoms with Crippen LogP contribution >= 0.6 is 11.3 Å². The maximum Gasteiger partial charge on any atom is 0.291 e. The van der Waals surface area contributed by atoms with Gasteiger partial charge in [-0.3, -0.25) is 14.5 Å². The standard InChI is InChI=1S/C20H20N4O4S/c25-18(12-24-7-10-27-11-8-24)23-20-22-16(13-29-20)14-3-5-15(6-4-14)21-19(26)17-2-1-9-28-17/h1-6,9,13H,7-8,10-12H2,(H,21,26)(H,22,23,25). The van der Waals surface area contributed by atoms with Gasteiger partial charge in [-0.25, -0.2) is 4.98 Å². The molecule has 150 valence electrons. The Kier molecular flexibility index (Phi) is 5.99. The van der Waals surface area contributed by atoms with E-state index in [1.807, 2.05) is 17.5 Å². The first-order valence-electron chi connectivity index (χ1n) is 9.18. The third kappa shape index (κ3) is 5.08. The van der Waals surface area contributed by atoms with E-state index >= 15 is 0 Å². The first-order valence-corrected chi connectivity index (χ1v) is 10.1. The summed E-state index contributed by atoms with van der Waals surface area (Å²) < 4.78 is 10.4. The summed E-state index contributed by atoms with van der Waals surface area (Å²) in [6.07, 6.45) is 1.46. The first kappa shape index (κ1) is 19.3. The first-order chi connectivity index (χ1) is 14.2. The minimum atomic E-state index is -0.304. The molecule has 2 N–H and O–H groups in total. The fraction of sp³-hybridized carbons (Fsp3) is 0.250. The third-order valence-electron chi connectivity index (χ3n) is 4.40. The third-order valence-corrected chi connectivity index (χ3v) is 5.16. The van der Waals surface area contributed by atoms with Crippen LogP contribution in [-0.4, -0.2) is 54.5 Å². The Morgan fingerprint density at radius 1 is 1.10 bits per heavy atom. The van der Waals surface area contributed by atoms with Crippen molar-refractivity contribution >= 4 is 34.0 Å². The Hall–Kier alpha value is -3.01. The Labute approximate surface area is 171 Å². The minimum Gasteiger partial charge on any atom is -0.459 e. The van der Waals surface area contributed by atoms with Crippen LogP contribution in [0, 0.1) is 0 Å². The molecule has 2 amide bonds. The SMILES string of the molecule is O=C(CN1CCOCC1)Nc1nc(-c2ccc(NC(=O)c3ccco3)cc2)cs1. The summed E-state index contributed by atoms with van der Waals surface area (Å²) in [6, 6.07) is 10.6. The van der Waals surface area contributed by atoms with E-state index in [-0.39, 0.29) is 17.6 Å². The molecule has 4 rings (SSSR count). The number of aromatic nitrogens is 1. The number of nitrogens with zero attached hydrogens (tertiary/aromatic N) is 2. The number of nitrogens with one attached hydrogen (secondary N) is 2. The van der Waals surface area contributed by atoms with Gasteiger partial charge < -0.3 is 19.8 Å². The molecule has 9 heteroatoms. The molecule has 0 atom stereocenters. The molecule has 1 fully saturated rings. The van der Waals surface area contributed by atoms with Crippen molar-refractivity contribution in [3.63, 3.8) is 0 Å². The zero-order valence-electron chi connectivity index (χ0n) is 15.6. The highest BCUT2D eigenvalue weighted by Gasteiger charge is 2.15. The Bertz CT molecular complexity index is 963. The monoisotopic (exact) mass is 412 g/mol. The van der Waals surface area contributed by atoms with E-state index < -0.39 is 0 Å². The van der Waals surface area contributed by atoms with E-state index in [9.17, 15) is 9.59 Å². The summed E-state index contributed by atoms with van der Waals surface area (Å²) in [5.41, 5.74) is 2.32. The lowest BCUT2D eigenvalue weighted by atomic mass is 10.1. The van der Waals surface area contributed by atoms with E-state index in [4.69, 9.17) is 9.15 Å². The largest absolute Gasteiger partial charge is 0.459 e. The van der Waals surface area contributed by atoms with Crippen molar-refractivity contribution < 1.29 is 18.7 Å². The van der Waals surface area contributed by atoms with E-state index in [0.717, 1.165) is 24.3 Å². The molecule has 1 aromatic carbocycles. The topological polar surface area (TPSA) is 96.7 Å². The molecular formula is C20H20N4O4S. The summed E-state index contributed by atoms with van der Waals surface area (Å²) in [5.74, 6) is -0.128. The van der Waals surface area contributed by atoms with Gasteiger partial charge in [-0.2, -0.15) is 0 Å². The van der Waals surface area contributed by atoms with Crippen LogP contribution in [-0.2, 0) is 9.53 Å². The van der Waals surface area contributed by atoms with Crippen LogP contribution in [0.4, 0.5) is 10.8 Å². The maximum absolute atomic E-state index is 12.2. The highest BCUT2D eigenvalue weighted by molar-refractivity contribution is 7.14. The van der Waals surface area contributed by atoms with Crippen LogP contribution in [0.1, 0.15) is 10.6 Å². The predicted molar refractivity (Wildman–Crippen MR) is 110 cm³/mol. The number of carbonyl (C=O) groups is 2. The van der Waals surface area contributed by atoms with Crippen LogP contribution in [0.15, 0.2) is 52.5 Å². The zero-order valence-corrected chi connectivity index (χ0v) is 16.4. The van der Waals surface area contributed by atoms with E-state index in [0.29, 0.717) is 30.6 Å². The lowest BCUT2D eigenvalue weighted by Gasteiger charge is -2.25. The molecular weight excluding hydrogens is 392 g/mol. The number of carbonyl (C=O) groups excluding carboxylic acids is 2. The van der Waals surface area contributed by atoms with Crippen molar-refractivity contribution in [1.29, 1.82) is 0 Å². The van der Waals surface area contributed by atoms with E-state index in [2.05, 4.69) is 20.5 Å². The molecule has 8 nitrogen and oxygen atoms in total. The number of benzene rings is 1. The fourth-order valence-corrected chi connectivity index (χ4v) is 3.65. The minimum absolute atomic E-state index is 0.0798. The van der Waals surface area contributed by atoms with Crippen molar-refractivity contribution in [2.75, 3.05) is 43.5 Å². The Morgan fingerprint density at radius 2 is 1.90 bits per heavy atom. The Balaban J connectivity index is 1.33. The lowest BCUT2D eigenvalue weighted by molar-refractivity contribution is -0.118. The van der Waals surface area contributed by atoms with Gasteiger partial charge in [0, 0.05) is 29.7 Å². The van der Waals surface area contributed by atoms with Gasteiger partial charge in [-0.05, 0) is 24.3 Å². The second-order valence-corrected chi connectivity index (χ2v) is 7.34. The number of thiazole rings is 1. The summed E-state index contributed by atoms with van der Waals surface area (Å²) in [5, 5.41) is 8.08. The van der Waals surface area contributed by atoms with E-state index in [1.165, 1.54) is 17.6 Å². The predicted octanol–water partition coefficient (Wildman–Crippen LogP) is 2.93. The number of anilines is 2. The highest BCUT2D eigenvalue weighted by Crippen LogP contribution is 2.26. The van der Waals surface area contributed by atoms with Gasteiger partial charge in [0.05, 0.1) is 31.7 Å². The quantitative estimate of drug-likeness (QED) is 0.646. The van der Waals surface area contributed by atoms with Crippen LogP contribution < -0.4 is 10.6 Å². The van der Waals surface area contributed by atoms with Crippen molar-refractivity contribution in [2.24, 2.45) is 0 Å². The summed E-state index contributed by atoms with van der Waals surface area (Å²) >= 11 is 1.38. The van der Waals surface area contributed by atoms with Crippen molar-refractivity contribution in [1.82, 2.24) is 9.88 Å². The molecule has 0 bridgehead atoms. The summed E-state index contributed by atoms with van der Waals surface area (Å²) in [4.78, 5) is 30.8. The molecule has 0 aliphatic carbocycles. The number of morpholine rings is 1. The molecule has 1 saturated heterocycles. The lowest BCUT2D eigenvalue weighted by Crippen LogP contribution is -2.41. The van der Waals surface area contributed by atoms with Gasteiger partial charge in [0.2, 0.25) is 5.91 Å². The molecule has 0 spiro atoms. The summed E-state index contributed by atoms with van der Waals surface area (Å²) in [6.45, 7) is 3.18. The highest BCUT2D eigenvalue weighted by atomic mass is 32.1. The van der Waals surface area contributed by atoms with Gasteiger partial charge >= 0.3 is 0 Å². The average molecular weight is 412 g/mol. The molecule has 0 unspecified atom stereocenters. The molecule has 2 aromatic heterocycles. The molecule has 0 radical (unpaired) electrons. The van der Waals surface area contributed by atoms with Gasteiger partial charge in [-0.1, -0.05) is 12.1 Å². The van der Waals surface area contributed by atoms with Crippen LogP contribution in [0.25, 0.3) is 11.3 Å². The van der Waals surface area contributed by atoms with Gasteiger partial charge in [-0.15, -0.1) is 11.3 Å². The number of amides is 2. The molecule has 3 aromatic rings. The number of furan rings is 1. The average Bonchev–Trinajstić information content (AvgIpc) is 3.42. The molecule has 3 heterocycles. The van der Waals surface area contributed by atoms with Crippen LogP contribution in [0.2, 0.25) is 0 Å². The number of hydrogen-bond donors (Lipinski definition) is 2. The smallest absolute Gasteiger partial charge is 0.291 e. The number of ether oxygens (including phenoxy) is 1. The maximum atomic E-state index is 12.2. The zero-order chi connectivity index (χ0) is 20.1. The van der Waals surface area contributed by atoms with Gasteiger partial charge in [0.15, 0.2) is 10.9 Å². The molecule has 1 aliphatic rings. The van der Waals surface area contributed by atoms with Gasteiger partial charge in [0.25, 0.3) is 5.91 Å². The van der Waals surface area contributed by atoms with Crippen LogP contribution in [0.5, 0.6) is 0 Å². The van der Waals surface area contributed by atoms with Crippen LogP contribution in [0.3, 0.4) is 0 Å². The fourth-order valence-electron chi connectivity index (χ4n) is 2.91. The Morgan fingerprint density at radius 3 is 2.62 bits per heavy atom. The van der Waals surface area contributed by atoms with Crippen molar-refractivity contribution in [3.8, 4) is 11.3 Å². The van der Waals surface area contributed by atoms with Crippen molar-refractivity contribution in [3.05, 3.63) is 53.8 Å². The van der Waals surface area contributed by atoms with E-state index in [1.54, 1.807) is 24.3 Å². The molecule has 0 saturated carbocycles. The second-order valence-electron chi connectivity index (χ2n) is 6.48. The second kappa shape index (κ2) is 8.99. The van der Waals surface area contributed by atoms with Gasteiger partial charge in [0.1, 0.15) is 0 Å².